The van der Waals surface area contributed by atoms with E-state index in [2.05, 4.69) is 10.3 Å². The number of anilines is 2. The van der Waals surface area contributed by atoms with Gasteiger partial charge in [0.15, 0.2) is 0 Å². The molecule has 0 spiro atoms. The molecule has 3 heteroatoms. The SMILES string of the molecule is CC.Cc1cncc(Nc2ccc(CO)cc2)c1. The second-order valence-electron chi connectivity index (χ2n) is 3.73. The number of benzene rings is 1. The number of aliphatic hydroxyl groups excluding tert-OH is 1. The van der Waals surface area contributed by atoms with Crippen LogP contribution in [0.2, 0.25) is 0 Å². The number of rotatable bonds is 3. The molecule has 0 saturated heterocycles. The first-order valence-corrected chi connectivity index (χ1v) is 6.16. The fraction of sp³-hybridized carbons (Fsp3) is 0.267. The summed E-state index contributed by atoms with van der Waals surface area (Å²) in [4.78, 5) is 4.11. The van der Waals surface area contributed by atoms with Gasteiger partial charge in [-0.3, -0.25) is 4.98 Å². The van der Waals surface area contributed by atoms with Crippen LogP contribution in [0.5, 0.6) is 0 Å². The van der Waals surface area contributed by atoms with E-state index in [-0.39, 0.29) is 6.61 Å². The first kappa shape index (κ1) is 14.2. The van der Waals surface area contributed by atoms with Crippen molar-refractivity contribution in [2.45, 2.75) is 27.4 Å². The zero-order chi connectivity index (χ0) is 13.4. The maximum atomic E-state index is 8.92. The van der Waals surface area contributed by atoms with Crippen LogP contribution in [-0.2, 0) is 6.61 Å². The van der Waals surface area contributed by atoms with Gasteiger partial charge in [0.05, 0.1) is 18.5 Å². The highest BCUT2D eigenvalue weighted by atomic mass is 16.3. The van der Waals surface area contributed by atoms with Gasteiger partial charge in [-0.1, -0.05) is 26.0 Å². The summed E-state index contributed by atoms with van der Waals surface area (Å²) in [6.07, 6.45) is 3.60. The fourth-order valence-corrected chi connectivity index (χ4v) is 1.48. The van der Waals surface area contributed by atoms with Crippen molar-refractivity contribution in [2.24, 2.45) is 0 Å². The summed E-state index contributed by atoms with van der Waals surface area (Å²) >= 11 is 0. The molecule has 0 amide bonds. The second kappa shape index (κ2) is 7.45. The highest BCUT2D eigenvalue weighted by Gasteiger charge is 1.96. The summed E-state index contributed by atoms with van der Waals surface area (Å²) in [5.74, 6) is 0. The van der Waals surface area contributed by atoms with E-state index in [1.54, 1.807) is 6.20 Å². The average Bonchev–Trinajstić information content (AvgIpc) is 2.42. The smallest absolute Gasteiger partial charge is 0.0681 e. The van der Waals surface area contributed by atoms with Gasteiger partial charge in [0.1, 0.15) is 0 Å². The monoisotopic (exact) mass is 244 g/mol. The minimum atomic E-state index is 0.0757. The van der Waals surface area contributed by atoms with Gasteiger partial charge in [-0.25, -0.2) is 0 Å². The molecule has 0 unspecified atom stereocenters. The van der Waals surface area contributed by atoms with Crippen molar-refractivity contribution in [1.29, 1.82) is 0 Å². The highest BCUT2D eigenvalue weighted by Crippen LogP contribution is 2.16. The number of aliphatic hydroxyl groups is 1. The third-order valence-electron chi connectivity index (χ3n) is 2.30. The van der Waals surface area contributed by atoms with E-state index in [0.29, 0.717) is 0 Å². The fourth-order valence-electron chi connectivity index (χ4n) is 1.48. The molecule has 0 aliphatic carbocycles. The van der Waals surface area contributed by atoms with Gasteiger partial charge in [0.2, 0.25) is 0 Å². The molecular formula is C15H20N2O. The van der Waals surface area contributed by atoms with Crippen LogP contribution >= 0.6 is 0 Å². The molecule has 0 saturated carbocycles. The predicted molar refractivity (Wildman–Crippen MR) is 76.0 cm³/mol. The van der Waals surface area contributed by atoms with Gasteiger partial charge in [-0.05, 0) is 36.2 Å². The molecule has 0 radical (unpaired) electrons. The third-order valence-corrected chi connectivity index (χ3v) is 2.30. The molecule has 18 heavy (non-hydrogen) atoms. The van der Waals surface area contributed by atoms with E-state index in [0.717, 1.165) is 22.5 Å². The molecule has 1 aromatic heterocycles. The molecule has 0 aliphatic rings. The lowest BCUT2D eigenvalue weighted by molar-refractivity contribution is 0.282. The Morgan fingerprint density at radius 3 is 2.28 bits per heavy atom. The van der Waals surface area contributed by atoms with E-state index in [1.165, 1.54) is 0 Å². The van der Waals surface area contributed by atoms with Crippen LogP contribution in [-0.4, -0.2) is 10.1 Å². The molecular weight excluding hydrogens is 224 g/mol. The Morgan fingerprint density at radius 2 is 1.72 bits per heavy atom. The van der Waals surface area contributed by atoms with Crippen LogP contribution in [0.25, 0.3) is 0 Å². The van der Waals surface area contributed by atoms with Gasteiger partial charge >= 0.3 is 0 Å². The molecule has 2 rings (SSSR count). The van der Waals surface area contributed by atoms with Crippen molar-refractivity contribution >= 4 is 11.4 Å². The lowest BCUT2D eigenvalue weighted by Crippen LogP contribution is -1.92. The summed E-state index contributed by atoms with van der Waals surface area (Å²) in [6, 6.07) is 9.70. The summed E-state index contributed by atoms with van der Waals surface area (Å²) in [7, 11) is 0. The maximum absolute atomic E-state index is 8.92. The Morgan fingerprint density at radius 1 is 1.06 bits per heavy atom. The van der Waals surface area contributed by atoms with Crippen LogP contribution in [0.1, 0.15) is 25.0 Å². The topological polar surface area (TPSA) is 45.2 Å². The highest BCUT2D eigenvalue weighted by molar-refractivity contribution is 5.59. The quantitative estimate of drug-likeness (QED) is 0.866. The van der Waals surface area contributed by atoms with E-state index in [1.807, 2.05) is 57.3 Å². The third kappa shape index (κ3) is 4.18. The van der Waals surface area contributed by atoms with Crippen molar-refractivity contribution in [1.82, 2.24) is 4.98 Å². The Bertz CT molecular complexity index is 466. The Hall–Kier alpha value is -1.87. The molecule has 0 fully saturated rings. The summed E-state index contributed by atoms with van der Waals surface area (Å²) in [5.41, 5.74) is 3.99. The van der Waals surface area contributed by atoms with E-state index in [9.17, 15) is 0 Å². The predicted octanol–water partition coefficient (Wildman–Crippen LogP) is 3.65. The van der Waals surface area contributed by atoms with Gasteiger partial charge in [-0.2, -0.15) is 0 Å². The minimum Gasteiger partial charge on any atom is -0.392 e. The van der Waals surface area contributed by atoms with Crippen LogP contribution in [0.4, 0.5) is 11.4 Å². The normalized spacial score (nSPS) is 9.33. The second-order valence-corrected chi connectivity index (χ2v) is 3.73. The number of hydrogen-bond donors (Lipinski definition) is 2. The van der Waals surface area contributed by atoms with E-state index in [4.69, 9.17) is 5.11 Å². The van der Waals surface area contributed by atoms with E-state index >= 15 is 0 Å². The number of nitrogens with one attached hydrogen (secondary N) is 1. The van der Waals surface area contributed by atoms with Gasteiger partial charge in [0.25, 0.3) is 0 Å². The van der Waals surface area contributed by atoms with Gasteiger partial charge in [-0.15, -0.1) is 0 Å². The number of nitrogens with zero attached hydrogens (tertiary/aromatic N) is 1. The molecule has 0 atom stereocenters. The first-order valence-electron chi connectivity index (χ1n) is 6.16. The number of pyridine rings is 1. The molecule has 96 valence electrons. The Labute approximate surface area is 109 Å². The van der Waals surface area contributed by atoms with Crippen molar-refractivity contribution in [3.8, 4) is 0 Å². The molecule has 0 bridgehead atoms. The van der Waals surface area contributed by atoms with Crippen LogP contribution in [0.15, 0.2) is 42.7 Å². The van der Waals surface area contributed by atoms with Crippen LogP contribution in [0.3, 0.4) is 0 Å². The standard InChI is InChI=1S/C13H14N2O.C2H6/c1-10-6-13(8-14-7-10)15-12-4-2-11(9-16)3-5-12;1-2/h2-8,15-16H,9H2,1H3;1-2H3. The summed E-state index contributed by atoms with van der Waals surface area (Å²) < 4.78 is 0. The number of aromatic nitrogens is 1. The lowest BCUT2D eigenvalue weighted by atomic mass is 10.2. The zero-order valence-corrected chi connectivity index (χ0v) is 11.1. The molecule has 1 heterocycles. The number of hydrogen-bond acceptors (Lipinski definition) is 3. The average molecular weight is 244 g/mol. The van der Waals surface area contributed by atoms with Gasteiger partial charge in [0, 0.05) is 11.9 Å². The van der Waals surface area contributed by atoms with Gasteiger partial charge < -0.3 is 10.4 Å². The largest absolute Gasteiger partial charge is 0.392 e. The molecule has 2 N–H and O–H groups in total. The minimum absolute atomic E-state index is 0.0757. The molecule has 2 aromatic rings. The van der Waals surface area contributed by atoms with Crippen molar-refractivity contribution in [3.63, 3.8) is 0 Å². The van der Waals surface area contributed by atoms with Crippen molar-refractivity contribution in [2.75, 3.05) is 5.32 Å². The maximum Gasteiger partial charge on any atom is 0.0681 e. The molecule has 3 nitrogen and oxygen atoms in total. The van der Waals surface area contributed by atoms with Crippen molar-refractivity contribution < 1.29 is 5.11 Å². The first-order chi connectivity index (χ1) is 8.78. The van der Waals surface area contributed by atoms with Crippen LogP contribution in [0, 0.1) is 6.92 Å². The van der Waals surface area contributed by atoms with Crippen LogP contribution < -0.4 is 5.32 Å². The Balaban J connectivity index is 0.000000771. The summed E-state index contributed by atoms with van der Waals surface area (Å²) in [6.45, 7) is 6.08. The zero-order valence-electron chi connectivity index (χ0n) is 11.1. The van der Waals surface area contributed by atoms with Crippen molar-refractivity contribution in [3.05, 3.63) is 53.9 Å². The Kier molecular flexibility index (Phi) is 5.88. The number of aryl methyl sites for hydroxylation is 1. The van der Waals surface area contributed by atoms with E-state index < -0.39 is 0 Å². The summed E-state index contributed by atoms with van der Waals surface area (Å²) in [5, 5.41) is 12.2. The molecule has 1 aromatic carbocycles. The lowest BCUT2D eigenvalue weighted by Gasteiger charge is -2.07. The molecule has 0 aliphatic heterocycles.